The Morgan fingerprint density at radius 2 is 2.00 bits per heavy atom. The van der Waals surface area contributed by atoms with Crippen molar-refractivity contribution in [3.63, 3.8) is 0 Å². The molecule has 3 heterocycles. The van der Waals surface area contributed by atoms with Gasteiger partial charge < -0.3 is 14.6 Å². The van der Waals surface area contributed by atoms with E-state index in [1.165, 1.54) is 29.3 Å². The molecule has 1 N–H and O–H groups in total. The topological polar surface area (TPSA) is 57.3 Å². The number of ether oxygens (including phenoxy) is 1. The second kappa shape index (κ2) is 8.61. The van der Waals surface area contributed by atoms with Crippen LogP contribution in [0.4, 0.5) is 5.82 Å². The van der Waals surface area contributed by atoms with E-state index in [1.807, 2.05) is 0 Å². The molecule has 1 unspecified atom stereocenters. The lowest BCUT2D eigenvalue weighted by Crippen LogP contribution is -2.50. The van der Waals surface area contributed by atoms with E-state index in [2.05, 4.69) is 62.1 Å². The zero-order valence-corrected chi connectivity index (χ0v) is 16.8. The van der Waals surface area contributed by atoms with E-state index < -0.39 is 0 Å². The summed E-state index contributed by atoms with van der Waals surface area (Å²) >= 11 is 0. The molecule has 28 heavy (non-hydrogen) atoms. The molecule has 148 valence electrons. The number of hydrogen-bond donors (Lipinski definition) is 1. The maximum Gasteiger partial charge on any atom is 0.179 e. The molecule has 6 heteroatoms. The third-order valence-corrected chi connectivity index (χ3v) is 5.90. The minimum atomic E-state index is 0.614. The molecule has 1 aliphatic rings. The first kappa shape index (κ1) is 18.7. The molecular formula is C22H29N5O. The van der Waals surface area contributed by atoms with Crippen molar-refractivity contribution in [1.29, 1.82) is 0 Å². The number of benzene rings is 1. The van der Waals surface area contributed by atoms with Crippen LogP contribution in [-0.2, 0) is 6.42 Å². The molecule has 6 nitrogen and oxygen atoms in total. The van der Waals surface area contributed by atoms with Crippen LogP contribution in [0.3, 0.4) is 0 Å². The Bertz CT molecular complexity index is 901. The predicted molar refractivity (Wildman–Crippen MR) is 113 cm³/mol. The van der Waals surface area contributed by atoms with Gasteiger partial charge in [0.2, 0.25) is 0 Å². The normalized spacial score (nSPS) is 16.4. The fourth-order valence-corrected chi connectivity index (χ4v) is 4.30. The number of aromatic amines is 1. The number of hydrogen-bond acceptors (Lipinski definition) is 5. The maximum atomic E-state index is 5.43. The van der Waals surface area contributed by atoms with Gasteiger partial charge >= 0.3 is 0 Å². The Labute approximate surface area is 166 Å². The zero-order valence-electron chi connectivity index (χ0n) is 16.8. The van der Waals surface area contributed by atoms with E-state index in [0.29, 0.717) is 6.04 Å². The Balaban J connectivity index is 1.36. The minimum Gasteiger partial charge on any atom is -0.491 e. The maximum absolute atomic E-state index is 5.43. The van der Waals surface area contributed by atoms with Crippen LogP contribution in [0.25, 0.3) is 10.9 Å². The summed E-state index contributed by atoms with van der Waals surface area (Å²) in [6.07, 6.45) is 9.00. The Hall–Kier alpha value is -2.60. The molecular weight excluding hydrogens is 350 g/mol. The van der Waals surface area contributed by atoms with Gasteiger partial charge in [0.1, 0.15) is 6.33 Å². The monoisotopic (exact) mass is 379 g/mol. The summed E-state index contributed by atoms with van der Waals surface area (Å²) in [5.74, 6) is 1.66. The van der Waals surface area contributed by atoms with Crippen LogP contribution in [0.15, 0.2) is 43.0 Å². The SMILES string of the molecule is CCC(CCc1c[nH]c2ccccc12)N1CCN(c2ncncc2OC)CC1. The molecule has 0 bridgehead atoms. The Morgan fingerprint density at radius 1 is 1.18 bits per heavy atom. The highest BCUT2D eigenvalue weighted by molar-refractivity contribution is 5.83. The van der Waals surface area contributed by atoms with Gasteiger partial charge in [0.25, 0.3) is 0 Å². The lowest BCUT2D eigenvalue weighted by molar-refractivity contribution is 0.171. The lowest BCUT2D eigenvalue weighted by Gasteiger charge is -2.39. The average molecular weight is 380 g/mol. The fourth-order valence-electron chi connectivity index (χ4n) is 4.30. The Morgan fingerprint density at radius 3 is 2.79 bits per heavy atom. The summed E-state index contributed by atoms with van der Waals surface area (Å²) < 4.78 is 5.43. The quantitative estimate of drug-likeness (QED) is 0.681. The largest absolute Gasteiger partial charge is 0.491 e. The highest BCUT2D eigenvalue weighted by Crippen LogP contribution is 2.26. The number of methoxy groups -OCH3 is 1. The third kappa shape index (κ3) is 3.83. The Kier molecular flexibility index (Phi) is 5.76. The number of para-hydroxylation sites is 1. The van der Waals surface area contributed by atoms with E-state index >= 15 is 0 Å². The molecule has 0 radical (unpaired) electrons. The van der Waals surface area contributed by atoms with E-state index in [0.717, 1.165) is 44.2 Å². The third-order valence-electron chi connectivity index (χ3n) is 5.90. The van der Waals surface area contributed by atoms with E-state index in [-0.39, 0.29) is 0 Å². The number of aromatic nitrogens is 3. The molecule has 1 aromatic carbocycles. The van der Waals surface area contributed by atoms with Crippen molar-refractivity contribution in [3.8, 4) is 5.75 Å². The smallest absolute Gasteiger partial charge is 0.179 e. The van der Waals surface area contributed by atoms with Crippen molar-refractivity contribution < 1.29 is 4.74 Å². The van der Waals surface area contributed by atoms with Crippen LogP contribution in [0.5, 0.6) is 5.75 Å². The standard InChI is InChI=1S/C22H29N5O/c1-3-18(9-8-17-14-24-20-7-5-4-6-19(17)20)26-10-12-27(13-11-26)22-21(28-2)15-23-16-25-22/h4-7,14-16,18,24H,3,8-13H2,1-2H3. The second-order valence-electron chi connectivity index (χ2n) is 7.40. The molecule has 0 spiro atoms. The van der Waals surface area contributed by atoms with Crippen molar-refractivity contribution in [3.05, 3.63) is 48.5 Å². The van der Waals surface area contributed by atoms with E-state index in [1.54, 1.807) is 19.6 Å². The summed E-state index contributed by atoms with van der Waals surface area (Å²) in [7, 11) is 1.68. The van der Waals surface area contributed by atoms with Crippen LogP contribution < -0.4 is 9.64 Å². The summed E-state index contributed by atoms with van der Waals surface area (Å²) in [6.45, 7) is 6.35. The average Bonchev–Trinajstić information content (AvgIpc) is 3.18. The van der Waals surface area contributed by atoms with Gasteiger partial charge in [-0.15, -0.1) is 0 Å². The number of nitrogens with zero attached hydrogens (tertiary/aromatic N) is 4. The molecule has 4 rings (SSSR count). The van der Waals surface area contributed by atoms with Gasteiger partial charge in [0.15, 0.2) is 11.6 Å². The molecule has 1 saturated heterocycles. The number of nitrogens with one attached hydrogen (secondary N) is 1. The van der Waals surface area contributed by atoms with Crippen LogP contribution >= 0.6 is 0 Å². The van der Waals surface area contributed by atoms with Crippen molar-refractivity contribution in [1.82, 2.24) is 19.9 Å². The van der Waals surface area contributed by atoms with Crippen molar-refractivity contribution in [2.24, 2.45) is 0 Å². The molecule has 1 atom stereocenters. The number of fused-ring (bicyclic) bond motifs is 1. The van der Waals surface area contributed by atoms with Gasteiger partial charge in [-0.25, -0.2) is 9.97 Å². The first-order valence-electron chi connectivity index (χ1n) is 10.2. The molecule has 1 aliphatic heterocycles. The first-order chi connectivity index (χ1) is 13.8. The zero-order chi connectivity index (χ0) is 19.3. The number of H-pyrrole nitrogens is 1. The minimum absolute atomic E-state index is 0.614. The van der Waals surface area contributed by atoms with Crippen LogP contribution in [0.2, 0.25) is 0 Å². The summed E-state index contributed by atoms with van der Waals surface area (Å²) in [4.78, 5) is 16.8. The molecule has 3 aromatic rings. The molecule has 2 aromatic heterocycles. The number of anilines is 1. The van der Waals surface area contributed by atoms with Crippen LogP contribution in [0, 0.1) is 0 Å². The molecule has 1 fully saturated rings. The highest BCUT2D eigenvalue weighted by Gasteiger charge is 2.25. The van der Waals surface area contributed by atoms with Gasteiger partial charge in [0.05, 0.1) is 13.3 Å². The summed E-state index contributed by atoms with van der Waals surface area (Å²) in [5.41, 5.74) is 2.66. The molecule has 0 amide bonds. The van der Waals surface area contributed by atoms with Crippen molar-refractivity contribution in [2.75, 3.05) is 38.2 Å². The van der Waals surface area contributed by atoms with Crippen molar-refractivity contribution >= 4 is 16.7 Å². The van der Waals surface area contributed by atoms with E-state index in [4.69, 9.17) is 4.74 Å². The second-order valence-corrected chi connectivity index (χ2v) is 7.40. The predicted octanol–water partition coefficient (Wildman–Crippen LogP) is 3.50. The number of aryl methyl sites for hydroxylation is 1. The number of piperazine rings is 1. The van der Waals surface area contributed by atoms with Gasteiger partial charge in [0, 0.05) is 49.3 Å². The van der Waals surface area contributed by atoms with Gasteiger partial charge in [-0.05, 0) is 30.9 Å². The summed E-state index contributed by atoms with van der Waals surface area (Å²) in [5, 5.41) is 1.36. The highest BCUT2D eigenvalue weighted by atomic mass is 16.5. The van der Waals surface area contributed by atoms with Gasteiger partial charge in [-0.3, -0.25) is 4.90 Å². The lowest BCUT2D eigenvalue weighted by atomic mass is 10.0. The molecule has 0 saturated carbocycles. The van der Waals surface area contributed by atoms with Gasteiger partial charge in [-0.2, -0.15) is 0 Å². The summed E-state index contributed by atoms with van der Waals surface area (Å²) in [6, 6.07) is 9.19. The van der Waals surface area contributed by atoms with E-state index in [9.17, 15) is 0 Å². The first-order valence-corrected chi connectivity index (χ1v) is 10.2. The molecule has 0 aliphatic carbocycles. The van der Waals surface area contributed by atoms with Crippen LogP contribution in [0.1, 0.15) is 25.3 Å². The van der Waals surface area contributed by atoms with Crippen molar-refractivity contribution in [2.45, 2.75) is 32.2 Å². The number of rotatable bonds is 7. The fraction of sp³-hybridized carbons (Fsp3) is 0.455. The van der Waals surface area contributed by atoms with Crippen LogP contribution in [-0.4, -0.2) is 59.2 Å². The van der Waals surface area contributed by atoms with Gasteiger partial charge in [-0.1, -0.05) is 25.1 Å².